The molecule has 0 radical (unpaired) electrons. The molecule has 0 saturated carbocycles. The van der Waals surface area contributed by atoms with Gasteiger partial charge in [-0.25, -0.2) is 8.42 Å². The average Bonchev–Trinajstić information content (AvgIpc) is 2.67. The first-order valence-electron chi connectivity index (χ1n) is 9.51. The fourth-order valence-electron chi connectivity index (χ4n) is 3.37. The molecular formula is C20H23N3O6S. The third kappa shape index (κ3) is 4.95. The van der Waals surface area contributed by atoms with Crippen LogP contribution in [0.1, 0.15) is 26.7 Å². The highest BCUT2D eigenvalue weighted by Crippen LogP contribution is 2.35. The predicted molar refractivity (Wildman–Crippen MR) is 111 cm³/mol. The first-order valence-corrected chi connectivity index (χ1v) is 10.9. The topological polar surface area (TPSA) is 119 Å². The van der Waals surface area contributed by atoms with Crippen molar-refractivity contribution in [2.45, 2.75) is 31.6 Å². The van der Waals surface area contributed by atoms with Crippen LogP contribution in [0.5, 0.6) is 11.5 Å². The molecule has 2 aromatic rings. The molecule has 1 fully saturated rings. The van der Waals surface area contributed by atoms with Gasteiger partial charge < -0.3 is 10.1 Å². The van der Waals surface area contributed by atoms with Crippen LogP contribution < -0.4 is 10.1 Å². The van der Waals surface area contributed by atoms with Crippen LogP contribution in [0.2, 0.25) is 0 Å². The van der Waals surface area contributed by atoms with Crippen molar-refractivity contribution in [3.8, 4) is 11.5 Å². The van der Waals surface area contributed by atoms with E-state index in [1.807, 2.05) is 6.92 Å². The van der Waals surface area contributed by atoms with Gasteiger partial charge in [-0.3, -0.25) is 14.9 Å². The fourth-order valence-corrected chi connectivity index (χ4v) is 4.99. The number of nitrogens with zero attached hydrogens (tertiary/aromatic N) is 2. The van der Waals surface area contributed by atoms with Crippen molar-refractivity contribution in [1.29, 1.82) is 0 Å². The lowest BCUT2D eigenvalue weighted by Crippen LogP contribution is -2.39. The lowest BCUT2D eigenvalue weighted by molar-refractivity contribution is -0.385. The fraction of sp³-hybridized carbons (Fsp3) is 0.350. The van der Waals surface area contributed by atoms with Gasteiger partial charge in [0.2, 0.25) is 21.7 Å². The van der Waals surface area contributed by atoms with E-state index in [0.717, 1.165) is 18.9 Å². The molecule has 160 valence electrons. The van der Waals surface area contributed by atoms with Crippen LogP contribution in [0.4, 0.5) is 11.4 Å². The molecule has 0 spiro atoms. The van der Waals surface area contributed by atoms with Gasteiger partial charge in [0.25, 0.3) is 0 Å². The maximum atomic E-state index is 12.9. The van der Waals surface area contributed by atoms with Gasteiger partial charge in [-0.1, -0.05) is 13.0 Å². The Labute approximate surface area is 174 Å². The molecule has 1 atom stereocenters. The number of carbonyl (C=O) groups is 1. The summed E-state index contributed by atoms with van der Waals surface area (Å²) in [4.78, 5) is 22.0. The molecule has 0 aromatic heterocycles. The monoisotopic (exact) mass is 433 g/mol. The van der Waals surface area contributed by atoms with Crippen LogP contribution in [-0.4, -0.2) is 36.6 Å². The third-order valence-corrected chi connectivity index (χ3v) is 6.63. The van der Waals surface area contributed by atoms with Crippen molar-refractivity contribution in [2.24, 2.45) is 5.92 Å². The SMILES string of the molecule is CC(=O)Nc1cccc(Oc2ccc(S(=O)(=O)N3CCC[C@H](C)C3)cc2[N+](=O)[O-])c1. The van der Waals surface area contributed by atoms with Crippen molar-refractivity contribution in [3.63, 3.8) is 0 Å². The Hall–Kier alpha value is -2.98. The Bertz CT molecular complexity index is 1070. The second kappa shape index (κ2) is 8.80. The number of piperidine rings is 1. The highest BCUT2D eigenvalue weighted by Gasteiger charge is 2.31. The van der Waals surface area contributed by atoms with E-state index in [1.54, 1.807) is 18.2 Å². The number of amides is 1. The van der Waals surface area contributed by atoms with Crippen LogP contribution in [0.25, 0.3) is 0 Å². The number of benzene rings is 2. The Morgan fingerprint density at radius 1 is 1.27 bits per heavy atom. The largest absolute Gasteiger partial charge is 0.450 e. The molecule has 0 unspecified atom stereocenters. The number of carbonyl (C=O) groups excluding carboxylic acids is 1. The van der Waals surface area contributed by atoms with Crippen LogP contribution in [-0.2, 0) is 14.8 Å². The standard InChI is InChI=1S/C20H23N3O6S/c1-14-5-4-10-22(13-14)30(27,28)18-8-9-20(19(12-18)23(25)26)29-17-7-3-6-16(11-17)21-15(2)24/h3,6-9,11-12,14H,4-5,10,13H2,1-2H3,(H,21,24)/t14-/m0/s1. The summed E-state index contributed by atoms with van der Waals surface area (Å²) in [5.74, 6) is 0.150. The lowest BCUT2D eigenvalue weighted by Gasteiger charge is -2.30. The summed E-state index contributed by atoms with van der Waals surface area (Å²) in [6, 6.07) is 10.0. The molecule has 30 heavy (non-hydrogen) atoms. The maximum absolute atomic E-state index is 12.9. The predicted octanol–water partition coefficient (Wildman–Crippen LogP) is 3.77. The maximum Gasteiger partial charge on any atom is 0.312 e. The molecule has 2 aromatic carbocycles. The second-order valence-corrected chi connectivity index (χ2v) is 9.25. The second-order valence-electron chi connectivity index (χ2n) is 7.31. The van der Waals surface area contributed by atoms with Crippen LogP contribution in [0.3, 0.4) is 0 Å². The molecule has 1 heterocycles. The molecule has 1 aliphatic rings. The molecule has 1 N–H and O–H groups in total. The van der Waals surface area contributed by atoms with Crippen LogP contribution in [0, 0.1) is 16.0 Å². The minimum Gasteiger partial charge on any atom is -0.450 e. The smallest absolute Gasteiger partial charge is 0.312 e. The normalized spacial score (nSPS) is 17.3. The van der Waals surface area contributed by atoms with E-state index in [-0.39, 0.29) is 28.2 Å². The Morgan fingerprint density at radius 2 is 2.03 bits per heavy atom. The minimum absolute atomic E-state index is 0.0917. The number of nitro benzene ring substituents is 1. The molecule has 1 aliphatic heterocycles. The van der Waals surface area contributed by atoms with E-state index in [1.165, 1.54) is 29.4 Å². The van der Waals surface area contributed by atoms with Gasteiger partial charge in [0.05, 0.1) is 9.82 Å². The van der Waals surface area contributed by atoms with Gasteiger partial charge in [0.1, 0.15) is 5.75 Å². The molecular weight excluding hydrogens is 410 g/mol. The van der Waals surface area contributed by atoms with Crippen molar-refractivity contribution in [1.82, 2.24) is 4.31 Å². The van der Waals surface area contributed by atoms with Crippen molar-refractivity contribution in [2.75, 3.05) is 18.4 Å². The van der Waals surface area contributed by atoms with E-state index in [2.05, 4.69) is 5.32 Å². The number of anilines is 1. The van der Waals surface area contributed by atoms with Crippen molar-refractivity contribution in [3.05, 3.63) is 52.6 Å². The summed E-state index contributed by atoms with van der Waals surface area (Å²) in [6.07, 6.45) is 1.71. The van der Waals surface area contributed by atoms with Gasteiger partial charge in [-0.15, -0.1) is 0 Å². The number of rotatable bonds is 6. The highest BCUT2D eigenvalue weighted by molar-refractivity contribution is 7.89. The summed E-state index contributed by atoms with van der Waals surface area (Å²) in [6.45, 7) is 4.13. The number of sulfonamides is 1. The summed E-state index contributed by atoms with van der Waals surface area (Å²) in [5, 5.41) is 14.2. The summed E-state index contributed by atoms with van der Waals surface area (Å²) in [5.41, 5.74) is 0.0205. The molecule has 0 bridgehead atoms. The molecule has 3 rings (SSSR count). The number of hydrogen-bond acceptors (Lipinski definition) is 6. The molecule has 10 heteroatoms. The van der Waals surface area contributed by atoms with Gasteiger partial charge in [-0.2, -0.15) is 4.31 Å². The number of hydrogen-bond donors (Lipinski definition) is 1. The van der Waals surface area contributed by atoms with Gasteiger partial charge in [0, 0.05) is 37.8 Å². The zero-order valence-corrected chi connectivity index (χ0v) is 17.5. The third-order valence-electron chi connectivity index (χ3n) is 4.77. The Morgan fingerprint density at radius 3 is 2.70 bits per heavy atom. The summed E-state index contributed by atoms with van der Waals surface area (Å²) < 4.78 is 32.9. The van der Waals surface area contributed by atoms with Crippen LogP contribution >= 0.6 is 0 Å². The van der Waals surface area contributed by atoms with Crippen LogP contribution in [0.15, 0.2) is 47.4 Å². The van der Waals surface area contributed by atoms with E-state index in [0.29, 0.717) is 18.8 Å². The summed E-state index contributed by atoms with van der Waals surface area (Å²) in [7, 11) is -3.83. The number of ether oxygens (including phenoxy) is 1. The number of nitro groups is 1. The molecule has 0 aliphatic carbocycles. The lowest BCUT2D eigenvalue weighted by atomic mass is 10.0. The zero-order chi connectivity index (χ0) is 21.9. The van der Waals surface area contributed by atoms with Crippen molar-refractivity contribution < 1.29 is 22.9 Å². The van der Waals surface area contributed by atoms with Crippen molar-refractivity contribution >= 4 is 27.3 Å². The minimum atomic E-state index is -3.83. The Balaban J connectivity index is 1.91. The first kappa shape index (κ1) is 21.7. The molecule has 1 saturated heterocycles. The zero-order valence-electron chi connectivity index (χ0n) is 16.7. The van der Waals surface area contributed by atoms with Gasteiger partial charge in [-0.05, 0) is 43.0 Å². The van der Waals surface area contributed by atoms with E-state index in [9.17, 15) is 23.3 Å². The highest BCUT2D eigenvalue weighted by atomic mass is 32.2. The average molecular weight is 433 g/mol. The van der Waals surface area contributed by atoms with Gasteiger partial charge >= 0.3 is 5.69 Å². The quantitative estimate of drug-likeness (QED) is 0.547. The molecule has 9 nitrogen and oxygen atoms in total. The summed E-state index contributed by atoms with van der Waals surface area (Å²) >= 11 is 0. The van der Waals surface area contributed by atoms with E-state index >= 15 is 0 Å². The number of nitrogens with one attached hydrogen (secondary N) is 1. The molecule has 1 amide bonds. The van der Waals surface area contributed by atoms with Gasteiger partial charge in [0.15, 0.2) is 0 Å². The Kier molecular flexibility index (Phi) is 6.37. The first-order chi connectivity index (χ1) is 14.2. The van der Waals surface area contributed by atoms with E-state index < -0.39 is 20.6 Å². The van der Waals surface area contributed by atoms with E-state index in [4.69, 9.17) is 4.74 Å².